The summed E-state index contributed by atoms with van der Waals surface area (Å²) < 4.78 is 96.0. The van der Waals surface area contributed by atoms with Gasteiger partial charge in [-0.2, -0.15) is 26.3 Å². The third-order valence-corrected chi connectivity index (χ3v) is 1.42. The summed E-state index contributed by atoms with van der Waals surface area (Å²) in [6, 6.07) is 0. The largest absolute Gasteiger partial charge is 0.470 e. The van der Waals surface area contributed by atoms with Crippen LogP contribution in [0.3, 0.4) is 0 Å². The zero-order valence-electron chi connectivity index (χ0n) is 7.18. The van der Waals surface area contributed by atoms with Crippen molar-refractivity contribution in [2.45, 2.75) is 25.3 Å². The van der Waals surface area contributed by atoms with Gasteiger partial charge in [-0.3, -0.25) is 0 Å². The Bertz CT molecular complexity index is 235. The van der Waals surface area contributed by atoms with Crippen LogP contribution in [-0.2, 0) is 0 Å². The van der Waals surface area contributed by atoms with Gasteiger partial charge in [0, 0.05) is 0 Å². The SMILES string of the molecule is C=C(F)C(C)(F)N(C(F)(F)F)C(F)(F)F. The minimum atomic E-state index is -6.10. The van der Waals surface area contributed by atoms with E-state index in [1.165, 1.54) is 0 Å². The molecule has 1 atom stereocenters. The second-order valence-corrected chi connectivity index (χ2v) is 2.63. The zero-order chi connectivity index (χ0) is 12.7. The summed E-state index contributed by atoms with van der Waals surface area (Å²) in [5.74, 6) is -6.78. The number of hydrogen-bond donors (Lipinski definition) is 0. The van der Waals surface area contributed by atoms with Crippen molar-refractivity contribution >= 4 is 0 Å². The van der Waals surface area contributed by atoms with Gasteiger partial charge in [0.15, 0.2) is 0 Å². The van der Waals surface area contributed by atoms with Crippen molar-refractivity contribution in [3.63, 3.8) is 0 Å². The molecule has 0 aromatic carbocycles. The average Bonchev–Trinajstić information content (AvgIpc) is 1.76. The summed E-state index contributed by atoms with van der Waals surface area (Å²) in [7, 11) is 0. The highest BCUT2D eigenvalue weighted by molar-refractivity contribution is 5.02. The molecule has 0 bridgehead atoms. The Kier molecular flexibility index (Phi) is 3.41. The molecule has 0 fully saturated rings. The number of halogens is 8. The first kappa shape index (κ1) is 14.1. The zero-order valence-corrected chi connectivity index (χ0v) is 7.18. The van der Waals surface area contributed by atoms with E-state index in [9.17, 15) is 35.1 Å². The molecule has 0 aliphatic rings. The van der Waals surface area contributed by atoms with Crippen molar-refractivity contribution in [3.8, 4) is 0 Å². The van der Waals surface area contributed by atoms with Gasteiger partial charge in [0.1, 0.15) is 5.83 Å². The summed E-state index contributed by atoms with van der Waals surface area (Å²) in [5, 5.41) is 0. The molecule has 0 amide bonds. The van der Waals surface area contributed by atoms with Crippen molar-refractivity contribution in [1.29, 1.82) is 0 Å². The van der Waals surface area contributed by atoms with E-state index in [4.69, 9.17) is 0 Å². The predicted octanol–water partition coefficient (Wildman–Crippen LogP) is 3.50. The fourth-order valence-corrected chi connectivity index (χ4v) is 0.741. The molecule has 90 valence electrons. The molecule has 0 spiro atoms. The molecule has 0 N–H and O–H groups in total. The van der Waals surface area contributed by atoms with Crippen LogP contribution in [-0.4, -0.2) is 23.3 Å². The van der Waals surface area contributed by atoms with Gasteiger partial charge in [-0.15, -0.1) is 0 Å². The summed E-state index contributed by atoms with van der Waals surface area (Å²) in [6.07, 6.45) is -12.2. The lowest BCUT2D eigenvalue weighted by atomic mass is 10.2. The van der Waals surface area contributed by atoms with E-state index in [1.807, 2.05) is 0 Å². The first-order valence-electron chi connectivity index (χ1n) is 3.29. The molecule has 1 unspecified atom stereocenters. The van der Waals surface area contributed by atoms with Gasteiger partial charge in [-0.25, -0.2) is 8.78 Å². The molecular weight excluding hydrogens is 238 g/mol. The minimum absolute atomic E-state index is 0.226. The standard InChI is InChI=1S/C6H5F8N/c1-3(7)4(2,8)15(5(9,10)11)6(12,13)14/h1H2,2H3. The summed E-state index contributed by atoms with van der Waals surface area (Å²) in [6.45, 7) is 1.87. The van der Waals surface area contributed by atoms with Gasteiger partial charge in [0.25, 0.3) is 0 Å². The molecule has 15 heavy (non-hydrogen) atoms. The van der Waals surface area contributed by atoms with Gasteiger partial charge in [0.2, 0.25) is 5.79 Å². The molecule has 0 heterocycles. The fourth-order valence-electron chi connectivity index (χ4n) is 0.741. The average molecular weight is 243 g/mol. The minimum Gasteiger partial charge on any atom is -0.218 e. The van der Waals surface area contributed by atoms with E-state index in [2.05, 4.69) is 6.58 Å². The van der Waals surface area contributed by atoms with Crippen LogP contribution in [0.2, 0.25) is 0 Å². The summed E-state index contributed by atoms with van der Waals surface area (Å²) >= 11 is 0. The summed E-state index contributed by atoms with van der Waals surface area (Å²) in [4.78, 5) is -2.50. The molecule has 0 aromatic rings. The third kappa shape index (κ3) is 3.05. The van der Waals surface area contributed by atoms with E-state index in [0.29, 0.717) is 0 Å². The molecule has 0 aliphatic heterocycles. The van der Waals surface area contributed by atoms with E-state index >= 15 is 0 Å². The van der Waals surface area contributed by atoms with Crippen molar-refractivity contribution < 1.29 is 35.1 Å². The Labute approximate surface area is 79.0 Å². The number of alkyl halides is 7. The van der Waals surface area contributed by atoms with Crippen LogP contribution >= 0.6 is 0 Å². The van der Waals surface area contributed by atoms with Crippen LogP contribution < -0.4 is 0 Å². The van der Waals surface area contributed by atoms with Gasteiger partial charge < -0.3 is 0 Å². The van der Waals surface area contributed by atoms with Crippen LogP contribution in [0.1, 0.15) is 6.92 Å². The van der Waals surface area contributed by atoms with E-state index in [0.717, 1.165) is 0 Å². The maximum absolute atomic E-state index is 12.9. The van der Waals surface area contributed by atoms with Gasteiger partial charge >= 0.3 is 12.6 Å². The van der Waals surface area contributed by atoms with Crippen LogP contribution in [0.25, 0.3) is 0 Å². The molecule has 0 saturated heterocycles. The first-order chi connectivity index (χ1) is 6.31. The Morgan fingerprint density at radius 2 is 1.20 bits per heavy atom. The lowest BCUT2D eigenvalue weighted by Gasteiger charge is -2.35. The normalized spacial score (nSPS) is 17.7. The van der Waals surface area contributed by atoms with Gasteiger partial charge in [0.05, 0.1) is 0 Å². The van der Waals surface area contributed by atoms with Crippen molar-refractivity contribution in [2.75, 3.05) is 0 Å². The molecule has 0 saturated carbocycles. The smallest absolute Gasteiger partial charge is 0.218 e. The Balaban J connectivity index is 5.43. The lowest BCUT2D eigenvalue weighted by Crippen LogP contribution is -2.58. The van der Waals surface area contributed by atoms with Crippen molar-refractivity contribution in [1.82, 2.24) is 4.90 Å². The maximum atomic E-state index is 12.9. The second kappa shape index (κ2) is 3.62. The van der Waals surface area contributed by atoms with Gasteiger partial charge in [-0.05, 0) is 6.92 Å². The highest BCUT2D eigenvalue weighted by Crippen LogP contribution is 2.43. The molecular formula is C6H5F8N. The van der Waals surface area contributed by atoms with Crippen molar-refractivity contribution in [2.24, 2.45) is 0 Å². The number of rotatable bonds is 2. The molecule has 9 heteroatoms. The Morgan fingerprint density at radius 1 is 0.933 bits per heavy atom. The van der Waals surface area contributed by atoms with E-state index in [1.54, 1.807) is 0 Å². The Hall–Kier alpha value is -0.860. The monoisotopic (exact) mass is 243 g/mol. The van der Waals surface area contributed by atoms with E-state index in [-0.39, 0.29) is 6.92 Å². The first-order valence-corrected chi connectivity index (χ1v) is 3.29. The number of hydrogen-bond acceptors (Lipinski definition) is 1. The number of nitrogens with zero attached hydrogens (tertiary/aromatic N) is 1. The van der Waals surface area contributed by atoms with Crippen LogP contribution in [0.4, 0.5) is 35.1 Å². The van der Waals surface area contributed by atoms with Crippen LogP contribution in [0, 0.1) is 0 Å². The lowest BCUT2D eigenvalue weighted by molar-refractivity contribution is -0.411. The highest BCUT2D eigenvalue weighted by atomic mass is 19.4. The van der Waals surface area contributed by atoms with E-state index < -0.39 is 29.1 Å². The molecule has 1 nitrogen and oxygen atoms in total. The predicted molar refractivity (Wildman–Crippen MR) is 33.7 cm³/mol. The fraction of sp³-hybridized carbons (Fsp3) is 0.667. The third-order valence-electron chi connectivity index (χ3n) is 1.42. The van der Waals surface area contributed by atoms with Crippen LogP contribution in [0.15, 0.2) is 12.4 Å². The van der Waals surface area contributed by atoms with Crippen molar-refractivity contribution in [3.05, 3.63) is 12.4 Å². The second-order valence-electron chi connectivity index (χ2n) is 2.63. The summed E-state index contributed by atoms with van der Waals surface area (Å²) in [5.41, 5.74) is 0. The topological polar surface area (TPSA) is 3.24 Å². The molecule has 0 aliphatic carbocycles. The maximum Gasteiger partial charge on any atom is 0.470 e. The quantitative estimate of drug-likeness (QED) is 0.530. The molecule has 0 rings (SSSR count). The molecule has 0 aromatic heterocycles. The highest BCUT2D eigenvalue weighted by Gasteiger charge is 2.64. The van der Waals surface area contributed by atoms with Gasteiger partial charge in [-0.1, -0.05) is 11.5 Å². The van der Waals surface area contributed by atoms with Crippen LogP contribution in [0.5, 0.6) is 0 Å². The Morgan fingerprint density at radius 3 is 1.27 bits per heavy atom. The molecule has 0 radical (unpaired) electrons.